The summed E-state index contributed by atoms with van der Waals surface area (Å²) in [6.45, 7) is 8.72. The first kappa shape index (κ1) is 85.8. The highest BCUT2D eigenvalue weighted by molar-refractivity contribution is 7.08. The number of hydrogen-bond donors (Lipinski definition) is 0. The van der Waals surface area contributed by atoms with Crippen molar-refractivity contribution >= 4 is 45.5 Å². The van der Waals surface area contributed by atoms with E-state index in [1.807, 2.05) is 214 Å². The zero-order valence-electron chi connectivity index (χ0n) is 65.4. The van der Waals surface area contributed by atoms with Crippen molar-refractivity contribution in [2.45, 2.75) is 141 Å². The third-order valence-electron chi connectivity index (χ3n) is 20.7. The standard InChI is InChI=1S/C16H12FNO2.C14H12ClF.C14H13F.C14H14.C13H13FS.C12H12O.C10H15F.C9H11F/c17-14(10-11-6-2-1-3-7-11)18-15(19)12-8-4-5-9-13(12)16(18)20;1-10-2-4-11(5-3-10)14(16)12-6-8-13(15)9-7-12;15-14(13-9-5-2-6-10-13)11-12-7-3-1-4-8-12;1-2-12-8-10-14(11-9-12)13-6-4-3-5-7-13;14-13(12-8-9-15-10-12)7-6-11-4-2-1-3-5-11;1-2-13-12-8-7-10-5-3-4-6-11(10)9-12;11-10-4-7-1-8(5-10)3-9(2-7)6-10;1-2-9(10)8-6-4-3-5-7-8/h1-9,14H,10H2;2-9,14H,1H3;1-10,14H,11H2;3-11H,2H2,1H3;1-5,8-10,13H,6-7H2;3-9H,2H2,1H3;7-9H,1-6H2;3-7,9H,2H2,1H3. The van der Waals surface area contributed by atoms with E-state index in [0.717, 1.165) is 95.6 Å². The lowest BCUT2D eigenvalue weighted by Crippen LogP contribution is -2.47. The maximum absolute atomic E-state index is 14.3. The molecule has 2 amide bonds. The number of thiophene rings is 1. The van der Waals surface area contributed by atoms with Gasteiger partial charge in [-0.05, 0) is 221 Å². The van der Waals surface area contributed by atoms with E-state index in [4.69, 9.17) is 16.3 Å². The van der Waals surface area contributed by atoms with Gasteiger partial charge in [-0.25, -0.2) is 31.2 Å². The Bertz CT molecular complexity index is 4800. The molecule has 13 aromatic rings. The molecule has 114 heavy (non-hydrogen) atoms. The lowest BCUT2D eigenvalue weighted by Gasteiger charge is -2.52. The van der Waals surface area contributed by atoms with Crippen LogP contribution in [0.5, 0.6) is 5.75 Å². The maximum atomic E-state index is 14.3. The lowest BCUT2D eigenvalue weighted by molar-refractivity contribution is -0.0727. The number of rotatable bonds is 18. The number of hydrogen-bond acceptors (Lipinski definition) is 4. The molecule has 588 valence electrons. The van der Waals surface area contributed by atoms with Gasteiger partial charge in [0.15, 0.2) is 12.5 Å². The van der Waals surface area contributed by atoms with E-state index >= 15 is 0 Å². The number of carbonyl (C=O) groups is 2. The Morgan fingerprint density at radius 3 is 1.37 bits per heavy atom. The molecule has 18 rings (SSSR count). The number of ether oxygens (including phenoxy) is 1. The minimum atomic E-state index is -1.65. The van der Waals surface area contributed by atoms with Crippen LogP contribution in [0.4, 0.5) is 26.3 Å². The average Bonchev–Trinajstić information content (AvgIpc) is 0.890. The Hall–Kier alpha value is -10.6. The van der Waals surface area contributed by atoms with Crippen molar-refractivity contribution < 1.29 is 40.7 Å². The number of aryl methyl sites for hydroxylation is 3. The van der Waals surface area contributed by atoms with Crippen LogP contribution in [0, 0.1) is 24.7 Å². The monoisotopic (exact) mass is 1570 g/mol. The Labute approximate surface area is 679 Å². The molecule has 12 aromatic carbocycles. The second kappa shape index (κ2) is 44.8. The van der Waals surface area contributed by atoms with Crippen molar-refractivity contribution in [1.29, 1.82) is 0 Å². The van der Waals surface area contributed by atoms with E-state index < -0.39 is 48.5 Å². The summed E-state index contributed by atoms with van der Waals surface area (Å²) in [6, 6.07) is 104. The third kappa shape index (κ3) is 26.5. The van der Waals surface area contributed by atoms with E-state index in [1.54, 1.807) is 84.1 Å². The highest BCUT2D eigenvalue weighted by Crippen LogP contribution is 2.57. The molecule has 0 N–H and O–H groups in total. The Balaban J connectivity index is 0.000000139. The summed E-state index contributed by atoms with van der Waals surface area (Å²) >= 11 is 7.31. The number of fused-ring (bicyclic) bond motifs is 2. The molecule has 0 radical (unpaired) electrons. The van der Waals surface area contributed by atoms with Crippen LogP contribution < -0.4 is 4.74 Å². The van der Waals surface area contributed by atoms with Crippen LogP contribution in [0.25, 0.3) is 21.9 Å². The van der Waals surface area contributed by atoms with Crippen molar-refractivity contribution in [3.05, 3.63) is 410 Å². The largest absolute Gasteiger partial charge is 0.494 e. The summed E-state index contributed by atoms with van der Waals surface area (Å²) in [5.41, 5.74) is 11.6. The molecule has 12 heteroatoms. The molecule has 4 saturated carbocycles. The van der Waals surface area contributed by atoms with E-state index in [-0.39, 0.29) is 17.5 Å². The minimum Gasteiger partial charge on any atom is -0.494 e. The summed E-state index contributed by atoms with van der Waals surface area (Å²) in [7, 11) is 0. The maximum Gasteiger partial charge on any atom is 0.263 e. The molecule has 2 heterocycles. The van der Waals surface area contributed by atoms with Gasteiger partial charge in [0.1, 0.15) is 29.9 Å². The van der Waals surface area contributed by atoms with Crippen LogP contribution in [-0.4, -0.2) is 35.3 Å². The number of nitrogens with zero attached hydrogens (tertiary/aromatic N) is 1. The van der Waals surface area contributed by atoms with Crippen LogP contribution in [0.1, 0.15) is 173 Å². The van der Waals surface area contributed by atoms with Crippen LogP contribution in [0.3, 0.4) is 0 Å². The summed E-state index contributed by atoms with van der Waals surface area (Å²) < 4.78 is 88.1. The zero-order chi connectivity index (χ0) is 80.4. The van der Waals surface area contributed by atoms with E-state index in [2.05, 4.69) is 79.7 Å². The van der Waals surface area contributed by atoms with Crippen molar-refractivity contribution in [2.75, 3.05) is 6.61 Å². The van der Waals surface area contributed by atoms with E-state index in [9.17, 15) is 35.9 Å². The predicted octanol–water partition coefficient (Wildman–Crippen LogP) is 29.0. The fourth-order valence-electron chi connectivity index (χ4n) is 15.0. The van der Waals surface area contributed by atoms with Gasteiger partial charge in [-0.15, -0.1) is 0 Å². The molecule has 4 fully saturated rings. The summed E-state index contributed by atoms with van der Waals surface area (Å²) in [5.74, 6) is 2.13. The Morgan fingerprint density at radius 1 is 0.439 bits per heavy atom. The highest BCUT2D eigenvalue weighted by Gasteiger charge is 2.51. The van der Waals surface area contributed by atoms with Crippen LogP contribution in [0.2, 0.25) is 5.02 Å². The molecular formula is C102H102ClF6NO3S. The fraction of sp³-hybridized carbons (Fsp3) is 0.255. The van der Waals surface area contributed by atoms with Gasteiger partial charge in [0, 0.05) is 17.9 Å². The summed E-state index contributed by atoms with van der Waals surface area (Å²) in [5, 5.41) is 6.92. The van der Waals surface area contributed by atoms with Crippen LogP contribution >= 0.6 is 22.9 Å². The molecule has 4 aliphatic carbocycles. The number of halogens is 7. The molecule has 5 unspecified atom stereocenters. The number of amides is 2. The van der Waals surface area contributed by atoms with Gasteiger partial charge in [-0.3, -0.25) is 9.59 Å². The van der Waals surface area contributed by atoms with Crippen LogP contribution in [-0.2, 0) is 25.7 Å². The van der Waals surface area contributed by atoms with Gasteiger partial charge < -0.3 is 4.74 Å². The topological polar surface area (TPSA) is 46.6 Å². The molecule has 1 aliphatic heterocycles. The Morgan fingerprint density at radius 2 is 0.886 bits per heavy atom. The first-order valence-electron chi connectivity index (χ1n) is 39.6. The van der Waals surface area contributed by atoms with Crippen LogP contribution in [0.15, 0.2) is 338 Å². The van der Waals surface area contributed by atoms with E-state index in [0.29, 0.717) is 40.3 Å². The average molecular weight is 1570 g/mol. The molecule has 5 atom stereocenters. The van der Waals surface area contributed by atoms with Gasteiger partial charge in [-0.2, -0.15) is 11.3 Å². The van der Waals surface area contributed by atoms with Gasteiger partial charge in [0.2, 0.25) is 0 Å². The molecule has 5 aliphatic rings. The van der Waals surface area contributed by atoms with Crippen molar-refractivity contribution in [3.8, 4) is 16.9 Å². The third-order valence-corrected chi connectivity index (χ3v) is 21.7. The second-order valence-electron chi connectivity index (χ2n) is 29.3. The normalized spacial score (nSPS) is 17.1. The molecule has 0 spiro atoms. The van der Waals surface area contributed by atoms with Gasteiger partial charge in [0.25, 0.3) is 11.8 Å². The molecule has 0 saturated heterocycles. The second-order valence-corrected chi connectivity index (χ2v) is 30.5. The number of benzene rings is 12. The first-order chi connectivity index (χ1) is 55.4. The predicted molar refractivity (Wildman–Crippen MR) is 460 cm³/mol. The van der Waals surface area contributed by atoms with Crippen molar-refractivity contribution in [2.24, 2.45) is 17.8 Å². The fourth-order valence-corrected chi connectivity index (χ4v) is 15.8. The SMILES string of the molecule is CCC(F)c1ccccc1.CCOc1ccc2ccccc2c1.CCc1ccc(-c2ccccc2)cc1.Cc1ccc(C(F)c2ccc(Cl)cc2)cc1.FC(CCc1ccccc1)c1ccsc1.FC(Cc1ccccc1)c1ccccc1.FC12CC3CC(CC(C3)C1)C2.O=C1c2ccccc2C(=O)N1C(F)Cc1ccccc1. The van der Waals surface area contributed by atoms with Gasteiger partial charge >= 0.3 is 0 Å². The number of alkyl halides is 6. The number of imide groups is 1. The van der Waals surface area contributed by atoms with Crippen molar-refractivity contribution in [3.63, 3.8) is 0 Å². The van der Waals surface area contributed by atoms with Crippen molar-refractivity contribution in [1.82, 2.24) is 4.90 Å². The smallest absolute Gasteiger partial charge is 0.263 e. The van der Waals surface area contributed by atoms with E-state index in [1.165, 1.54) is 52.3 Å². The first-order valence-corrected chi connectivity index (χ1v) is 40.9. The minimum absolute atomic E-state index is 0.00626. The lowest BCUT2D eigenvalue weighted by atomic mass is 9.55. The quantitative estimate of drug-likeness (QED) is 0.0489. The molecule has 4 bridgehead atoms. The van der Waals surface area contributed by atoms with Gasteiger partial charge in [0.05, 0.1) is 17.7 Å². The molecule has 1 aromatic heterocycles. The summed E-state index contributed by atoms with van der Waals surface area (Å²) in [6.07, 6.45) is 5.00. The Kier molecular flexibility index (Phi) is 33.7. The zero-order valence-corrected chi connectivity index (χ0v) is 66.9. The molecular weight excluding hydrogens is 1470 g/mol. The summed E-state index contributed by atoms with van der Waals surface area (Å²) in [4.78, 5) is 24.9. The van der Waals surface area contributed by atoms with Gasteiger partial charge in [-0.1, -0.05) is 316 Å². The number of carbonyl (C=O) groups excluding carboxylic acids is 2. The highest BCUT2D eigenvalue weighted by atomic mass is 35.5. The molecule has 4 nitrogen and oxygen atoms in total.